The molecule has 0 aromatic heterocycles. The third-order valence-corrected chi connectivity index (χ3v) is 3.14. The van der Waals surface area contributed by atoms with E-state index in [9.17, 15) is 4.39 Å². The lowest BCUT2D eigenvalue weighted by Gasteiger charge is -2.23. The number of hydrogen-bond acceptors (Lipinski definition) is 2. The van der Waals surface area contributed by atoms with E-state index < -0.39 is 0 Å². The van der Waals surface area contributed by atoms with Crippen molar-refractivity contribution in [1.82, 2.24) is 5.32 Å². The first-order valence-electron chi connectivity index (χ1n) is 7.52. The van der Waals surface area contributed by atoms with Gasteiger partial charge in [0.25, 0.3) is 0 Å². The van der Waals surface area contributed by atoms with Crippen LogP contribution in [0.15, 0.2) is 24.3 Å². The molecule has 0 fully saturated rings. The maximum atomic E-state index is 13.4. The van der Waals surface area contributed by atoms with E-state index >= 15 is 0 Å². The van der Waals surface area contributed by atoms with Crippen LogP contribution >= 0.6 is 0 Å². The van der Waals surface area contributed by atoms with Crippen LogP contribution in [0, 0.1) is 5.82 Å². The van der Waals surface area contributed by atoms with Gasteiger partial charge in [-0.2, -0.15) is 0 Å². The molecule has 0 aliphatic heterocycles. The third-order valence-electron chi connectivity index (χ3n) is 3.14. The molecule has 0 aliphatic rings. The SMILES string of the molecule is CCCNCC(CCOC(C)(C)C)c1cccc(F)c1. The van der Waals surface area contributed by atoms with Crippen molar-refractivity contribution in [3.63, 3.8) is 0 Å². The lowest BCUT2D eigenvalue weighted by molar-refractivity contribution is -0.00623. The number of rotatable bonds is 8. The molecule has 114 valence electrons. The second kappa shape index (κ2) is 8.38. The smallest absolute Gasteiger partial charge is 0.123 e. The molecule has 0 heterocycles. The zero-order valence-electron chi connectivity index (χ0n) is 13.2. The summed E-state index contributed by atoms with van der Waals surface area (Å²) in [5.41, 5.74) is 0.926. The van der Waals surface area contributed by atoms with Crippen LogP contribution in [0.4, 0.5) is 4.39 Å². The molecule has 1 N–H and O–H groups in total. The fourth-order valence-corrected chi connectivity index (χ4v) is 2.11. The molecule has 1 aromatic rings. The number of halogens is 1. The van der Waals surface area contributed by atoms with Gasteiger partial charge in [-0.25, -0.2) is 4.39 Å². The second-order valence-electron chi connectivity index (χ2n) is 6.21. The Morgan fingerprint density at radius 1 is 1.30 bits per heavy atom. The van der Waals surface area contributed by atoms with E-state index in [0.29, 0.717) is 12.5 Å². The lowest BCUT2D eigenvalue weighted by atomic mass is 9.95. The van der Waals surface area contributed by atoms with Crippen molar-refractivity contribution in [3.8, 4) is 0 Å². The van der Waals surface area contributed by atoms with Crippen LogP contribution in [0.1, 0.15) is 52.0 Å². The van der Waals surface area contributed by atoms with Gasteiger partial charge in [0.05, 0.1) is 5.60 Å². The Morgan fingerprint density at radius 2 is 2.05 bits per heavy atom. The largest absolute Gasteiger partial charge is 0.376 e. The Labute approximate surface area is 122 Å². The van der Waals surface area contributed by atoms with Gasteiger partial charge < -0.3 is 10.1 Å². The van der Waals surface area contributed by atoms with Gasteiger partial charge in [0.2, 0.25) is 0 Å². The van der Waals surface area contributed by atoms with Crippen LogP contribution in [0.25, 0.3) is 0 Å². The van der Waals surface area contributed by atoms with Gasteiger partial charge in [-0.15, -0.1) is 0 Å². The van der Waals surface area contributed by atoms with Crippen molar-refractivity contribution in [2.75, 3.05) is 19.7 Å². The normalized spacial score (nSPS) is 13.4. The molecule has 1 aromatic carbocycles. The van der Waals surface area contributed by atoms with Gasteiger partial charge in [0, 0.05) is 13.2 Å². The predicted octanol–water partition coefficient (Wildman–Crippen LogP) is 4.11. The van der Waals surface area contributed by atoms with E-state index in [2.05, 4.69) is 33.0 Å². The molecular weight excluding hydrogens is 253 g/mol. The zero-order valence-corrected chi connectivity index (χ0v) is 13.2. The van der Waals surface area contributed by atoms with Crippen molar-refractivity contribution in [1.29, 1.82) is 0 Å². The summed E-state index contributed by atoms with van der Waals surface area (Å²) in [5.74, 6) is 0.124. The average molecular weight is 281 g/mol. The molecule has 0 aliphatic carbocycles. The average Bonchev–Trinajstić information content (AvgIpc) is 2.36. The first kappa shape index (κ1) is 17.1. The predicted molar refractivity (Wildman–Crippen MR) is 82.6 cm³/mol. The third kappa shape index (κ3) is 7.01. The first-order chi connectivity index (χ1) is 9.42. The van der Waals surface area contributed by atoms with Gasteiger partial charge in [-0.05, 0) is 63.8 Å². The summed E-state index contributed by atoms with van der Waals surface area (Å²) in [5, 5.41) is 3.42. The van der Waals surface area contributed by atoms with Gasteiger partial charge in [-0.1, -0.05) is 19.1 Å². The van der Waals surface area contributed by atoms with E-state index in [1.54, 1.807) is 12.1 Å². The minimum atomic E-state index is -0.167. The zero-order chi connectivity index (χ0) is 15.0. The number of benzene rings is 1. The minimum Gasteiger partial charge on any atom is -0.376 e. The fraction of sp³-hybridized carbons (Fsp3) is 0.647. The monoisotopic (exact) mass is 281 g/mol. The van der Waals surface area contributed by atoms with Crippen LogP contribution in [0.5, 0.6) is 0 Å². The maximum Gasteiger partial charge on any atom is 0.123 e. The van der Waals surface area contributed by atoms with E-state index in [4.69, 9.17) is 4.74 Å². The standard InChI is InChI=1S/C17H28FNO/c1-5-10-19-13-15(9-11-20-17(2,3)4)14-7-6-8-16(18)12-14/h6-8,12,15,19H,5,9-11,13H2,1-4H3. The molecule has 1 unspecified atom stereocenters. The highest BCUT2D eigenvalue weighted by Gasteiger charge is 2.15. The van der Waals surface area contributed by atoms with E-state index in [-0.39, 0.29) is 11.4 Å². The van der Waals surface area contributed by atoms with Crippen molar-refractivity contribution >= 4 is 0 Å². The maximum absolute atomic E-state index is 13.4. The summed E-state index contributed by atoms with van der Waals surface area (Å²) in [7, 11) is 0. The highest BCUT2D eigenvalue weighted by atomic mass is 19.1. The Bertz CT molecular complexity index is 387. The summed E-state index contributed by atoms with van der Waals surface area (Å²) in [6, 6.07) is 6.90. The van der Waals surface area contributed by atoms with Crippen LogP contribution in [0.3, 0.4) is 0 Å². The number of hydrogen-bond donors (Lipinski definition) is 1. The summed E-state index contributed by atoms with van der Waals surface area (Å²) in [6.07, 6.45) is 2.01. The molecule has 0 saturated heterocycles. The van der Waals surface area contributed by atoms with Crippen LogP contribution in [-0.4, -0.2) is 25.3 Å². The van der Waals surface area contributed by atoms with Gasteiger partial charge in [0.1, 0.15) is 5.82 Å². The van der Waals surface area contributed by atoms with Crippen molar-refractivity contribution in [3.05, 3.63) is 35.6 Å². The highest BCUT2D eigenvalue weighted by molar-refractivity contribution is 5.21. The molecule has 0 bridgehead atoms. The fourth-order valence-electron chi connectivity index (χ4n) is 2.11. The molecule has 2 nitrogen and oxygen atoms in total. The van der Waals surface area contributed by atoms with Crippen molar-refractivity contribution in [2.24, 2.45) is 0 Å². The molecule has 1 atom stereocenters. The van der Waals surface area contributed by atoms with E-state index in [0.717, 1.165) is 31.5 Å². The van der Waals surface area contributed by atoms with E-state index in [1.807, 2.05) is 6.07 Å². The summed E-state index contributed by atoms with van der Waals surface area (Å²) < 4.78 is 19.2. The second-order valence-corrected chi connectivity index (χ2v) is 6.21. The van der Waals surface area contributed by atoms with Crippen molar-refractivity contribution < 1.29 is 9.13 Å². The van der Waals surface area contributed by atoms with Crippen LogP contribution in [0.2, 0.25) is 0 Å². The molecule has 0 amide bonds. The Morgan fingerprint density at radius 3 is 2.65 bits per heavy atom. The van der Waals surface area contributed by atoms with Gasteiger partial charge in [0.15, 0.2) is 0 Å². The Balaban J connectivity index is 2.60. The molecule has 20 heavy (non-hydrogen) atoms. The topological polar surface area (TPSA) is 21.3 Å². The quantitative estimate of drug-likeness (QED) is 0.724. The molecule has 0 saturated carbocycles. The highest BCUT2D eigenvalue weighted by Crippen LogP contribution is 2.21. The van der Waals surface area contributed by atoms with Gasteiger partial charge >= 0.3 is 0 Å². The molecular formula is C17H28FNO. The first-order valence-corrected chi connectivity index (χ1v) is 7.52. The van der Waals surface area contributed by atoms with Crippen LogP contribution < -0.4 is 5.32 Å². The number of nitrogens with one attached hydrogen (secondary N) is 1. The lowest BCUT2D eigenvalue weighted by Crippen LogP contribution is -2.25. The summed E-state index contributed by atoms with van der Waals surface area (Å²) in [6.45, 7) is 10.9. The molecule has 3 heteroatoms. The van der Waals surface area contributed by atoms with Gasteiger partial charge in [-0.3, -0.25) is 0 Å². The van der Waals surface area contributed by atoms with E-state index in [1.165, 1.54) is 6.07 Å². The van der Waals surface area contributed by atoms with Crippen LogP contribution in [-0.2, 0) is 4.74 Å². The molecule has 1 rings (SSSR count). The molecule has 0 spiro atoms. The Hall–Kier alpha value is -0.930. The summed E-state index contributed by atoms with van der Waals surface area (Å²) in [4.78, 5) is 0. The number of ether oxygens (including phenoxy) is 1. The summed E-state index contributed by atoms with van der Waals surface area (Å²) >= 11 is 0. The van der Waals surface area contributed by atoms with Crippen molar-refractivity contribution in [2.45, 2.75) is 52.1 Å². The molecule has 0 radical (unpaired) electrons. The minimum absolute atomic E-state index is 0.122. The Kier molecular flexibility index (Phi) is 7.17.